The molecule has 0 atom stereocenters. The van der Waals surface area contributed by atoms with Gasteiger partial charge in [0.25, 0.3) is 0 Å². The average Bonchev–Trinajstić information content (AvgIpc) is 2.30. The van der Waals surface area contributed by atoms with Crippen LogP contribution >= 0.6 is 0 Å². The fraction of sp³-hybridized carbons (Fsp3) is 0. The van der Waals surface area contributed by atoms with Crippen molar-refractivity contribution in [3.63, 3.8) is 0 Å². The Morgan fingerprint density at radius 1 is 1.24 bits per heavy atom. The van der Waals surface area contributed by atoms with Crippen molar-refractivity contribution in [3.8, 4) is 11.8 Å². The van der Waals surface area contributed by atoms with E-state index in [1.807, 2.05) is 0 Å². The summed E-state index contributed by atoms with van der Waals surface area (Å²) in [7, 11) is 0. The van der Waals surface area contributed by atoms with Crippen LogP contribution in [0.2, 0.25) is 0 Å². The number of amides is 2. The first-order chi connectivity index (χ1) is 8.24. The van der Waals surface area contributed by atoms with E-state index in [0.29, 0.717) is 11.4 Å². The maximum absolute atomic E-state index is 10.7. The van der Waals surface area contributed by atoms with Gasteiger partial charge in [-0.3, -0.25) is 0 Å². The van der Waals surface area contributed by atoms with Crippen LogP contribution in [0.25, 0.3) is 0 Å². The summed E-state index contributed by atoms with van der Waals surface area (Å²) in [6.07, 6.45) is 3.15. The number of carbonyl (C=O) groups is 1. The van der Waals surface area contributed by atoms with E-state index in [1.54, 1.807) is 42.7 Å². The summed E-state index contributed by atoms with van der Waals surface area (Å²) in [6.45, 7) is 0. The molecule has 17 heavy (non-hydrogen) atoms. The molecule has 2 rings (SSSR count). The van der Waals surface area contributed by atoms with E-state index in [-0.39, 0.29) is 6.01 Å². The predicted octanol–water partition coefficient (Wildman–Crippen LogP) is 1.76. The van der Waals surface area contributed by atoms with E-state index in [1.165, 1.54) is 0 Å². The van der Waals surface area contributed by atoms with Crippen LogP contribution in [0.5, 0.6) is 11.8 Å². The number of carbonyl (C=O) groups excluding carboxylic acids is 1. The fourth-order valence-electron chi connectivity index (χ4n) is 1.22. The van der Waals surface area contributed by atoms with E-state index in [9.17, 15) is 4.79 Å². The van der Waals surface area contributed by atoms with Gasteiger partial charge in [0.2, 0.25) is 0 Å². The van der Waals surface area contributed by atoms with Gasteiger partial charge < -0.3 is 15.8 Å². The second-order valence-corrected chi connectivity index (χ2v) is 3.15. The second kappa shape index (κ2) is 4.93. The number of hydrogen-bond donors (Lipinski definition) is 2. The van der Waals surface area contributed by atoms with E-state index in [2.05, 4.69) is 15.3 Å². The Morgan fingerprint density at radius 2 is 2.00 bits per heavy atom. The molecule has 0 bridgehead atoms. The van der Waals surface area contributed by atoms with Crippen LogP contribution in [-0.4, -0.2) is 16.0 Å². The number of hydrogen-bond acceptors (Lipinski definition) is 4. The molecule has 3 N–H and O–H groups in total. The van der Waals surface area contributed by atoms with Gasteiger partial charge in [-0.25, -0.2) is 14.8 Å². The van der Waals surface area contributed by atoms with Gasteiger partial charge in [-0.15, -0.1) is 0 Å². The van der Waals surface area contributed by atoms with Gasteiger partial charge in [0.05, 0.1) is 0 Å². The lowest BCUT2D eigenvalue weighted by Crippen LogP contribution is -2.19. The van der Waals surface area contributed by atoms with Gasteiger partial charge in [0, 0.05) is 24.1 Å². The van der Waals surface area contributed by atoms with E-state index < -0.39 is 6.03 Å². The molecule has 0 spiro atoms. The third kappa shape index (κ3) is 3.16. The summed E-state index contributed by atoms with van der Waals surface area (Å²) in [5.74, 6) is 0.516. The zero-order chi connectivity index (χ0) is 12.1. The largest absolute Gasteiger partial charge is 0.424 e. The molecule has 0 radical (unpaired) electrons. The number of urea groups is 1. The summed E-state index contributed by atoms with van der Waals surface area (Å²) >= 11 is 0. The molecule has 0 aliphatic carbocycles. The number of aromatic nitrogens is 2. The van der Waals surface area contributed by atoms with Gasteiger partial charge in [-0.2, -0.15) is 0 Å². The number of rotatable bonds is 3. The molecule has 0 aliphatic rings. The Kier molecular flexibility index (Phi) is 3.15. The molecular weight excluding hydrogens is 220 g/mol. The van der Waals surface area contributed by atoms with Crippen LogP contribution in [0.3, 0.4) is 0 Å². The zero-order valence-corrected chi connectivity index (χ0v) is 8.83. The monoisotopic (exact) mass is 230 g/mol. The number of ether oxygens (including phenoxy) is 1. The maximum atomic E-state index is 10.7. The van der Waals surface area contributed by atoms with Gasteiger partial charge >= 0.3 is 12.0 Å². The van der Waals surface area contributed by atoms with Crippen LogP contribution < -0.4 is 15.8 Å². The topological polar surface area (TPSA) is 90.1 Å². The fourth-order valence-corrected chi connectivity index (χ4v) is 1.22. The van der Waals surface area contributed by atoms with E-state index in [0.717, 1.165) is 0 Å². The molecular formula is C11H10N4O2. The highest BCUT2D eigenvalue weighted by Gasteiger charge is 2.01. The average molecular weight is 230 g/mol. The van der Waals surface area contributed by atoms with Crippen molar-refractivity contribution >= 4 is 11.7 Å². The van der Waals surface area contributed by atoms with Crippen LogP contribution in [0.4, 0.5) is 10.5 Å². The van der Waals surface area contributed by atoms with Crippen molar-refractivity contribution < 1.29 is 9.53 Å². The van der Waals surface area contributed by atoms with Gasteiger partial charge in [-0.05, 0) is 18.2 Å². The van der Waals surface area contributed by atoms with Crippen molar-refractivity contribution in [1.29, 1.82) is 0 Å². The molecule has 2 aromatic rings. The van der Waals surface area contributed by atoms with Crippen LogP contribution in [-0.2, 0) is 0 Å². The van der Waals surface area contributed by atoms with Crippen molar-refractivity contribution in [2.75, 3.05) is 5.32 Å². The SMILES string of the molecule is NC(=O)Nc1cccc(Oc2ncccn2)c1. The smallest absolute Gasteiger partial charge is 0.321 e. The molecule has 6 heteroatoms. The summed E-state index contributed by atoms with van der Waals surface area (Å²) in [5.41, 5.74) is 5.56. The molecule has 0 saturated carbocycles. The van der Waals surface area contributed by atoms with Gasteiger partial charge in [-0.1, -0.05) is 6.07 Å². The van der Waals surface area contributed by atoms with Crippen molar-refractivity contribution in [2.24, 2.45) is 5.73 Å². The Hall–Kier alpha value is -2.63. The minimum absolute atomic E-state index is 0.240. The Balaban J connectivity index is 2.14. The van der Waals surface area contributed by atoms with Crippen LogP contribution in [0.1, 0.15) is 0 Å². The Morgan fingerprint density at radius 3 is 2.71 bits per heavy atom. The molecule has 1 heterocycles. The Bertz CT molecular complexity index is 516. The van der Waals surface area contributed by atoms with Crippen LogP contribution in [0.15, 0.2) is 42.7 Å². The molecule has 0 unspecified atom stereocenters. The molecule has 6 nitrogen and oxygen atoms in total. The third-order valence-electron chi connectivity index (χ3n) is 1.85. The Labute approximate surface area is 97.5 Å². The van der Waals surface area contributed by atoms with E-state index in [4.69, 9.17) is 10.5 Å². The normalized spacial score (nSPS) is 9.65. The lowest BCUT2D eigenvalue weighted by molar-refractivity contribution is 0.259. The van der Waals surface area contributed by atoms with E-state index >= 15 is 0 Å². The minimum atomic E-state index is -0.627. The number of anilines is 1. The van der Waals surface area contributed by atoms with Crippen LogP contribution in [0, 0.1) is 0 Å². The first-order valence-electron chi connectivity index (χ1n) is 4.85. The summed E-state index contributed by atoms with van der Waals surface area (Å²) in [4.78, 5) is 18.5. The predicted molar refractivity (Wildman–Crippen MR) is 61.8 cm³/mol. The number of nitrogens with one attached hydrogen (secondary N) is 1. The van der Waals surface area contributed by atoms with Crippen molar-refractivity contribution in [3.05, 3.63) is 42.7 Å². The molecule has 86 valence electrons. The maximum Gasteiger partial charge on any atom is 0.321 e. The lowest BCUT2D eigenvalue weighted by Gasteiger charge is -2.05. The quantitative estimate of drug-likeness (QED) is 0.840. The van der Waals surface area contributed by atoms with Crippen molar-refractivity contribution in [2.45, 2.75) is 0 Å². The lowest BCUT2D eigenvalue weighted by atomic mass is 10.3. The third-order valence-corrected chi connectivity index (χ3v) is 1.85. The minimum Gasteiger partial charge on any atom is -0.424 e. The molecule has 0 saturated heterocycles. The second-order valence-electron chi connectivity index (χ2n) is 3.15. The molecule has 1 aromatic heterocycles. The number of primary amides is 1. The van der Waals surface area contributed by atoms with Gasteiger partial charge in [0.1, 0.15) is 5.75 Å². The van der Waals surface area contributed by atoms with Gasteiger partial charge in [0.15, 0.2) is 0 Å². The highest BCUT2D eigenvalue weighted by molar-refractivity contribution is 5.87. The summed E-state index contributed by atoms with van der Waals surface area (Å²) in [6, 6.07) is 8.08. The molecule has 1 aromatic carbocycles. The molecule has 0 fully saturated rings. The highest BCUT2D eigenvalue weighted by Crippen LogP contribution is 2.20. The number of nitrogens with two attached hydrogens (primary N) is 1. The first kappa shape index (κ1) is 10.9. The number of nitrogens with zero attached hydrogens (tertiary/aromatic N) is 2. The molecule has 0 aliphatic heterocycles. The zero-order valence-electron chi connectivity index (χ0n) is 8.83. The number of benzene rings is 1. The van der Waals surface area contributed by atoms with Crippen molar-refractivity contribution in [1.82, 2.24) is 9.97 Å². The molecule has 2 amide bonds. The first-order valence-corrected chi connectivity index (χ1v) is 4.85. The summed E-state index contributed by atoms with van der Waals surface area (Å²) < 4.78 is 5.39. The highest BCUT2D eigenvalue weighted by atomic mass is 16.5. The summed E-state index contributed by atoms with van der Waals surface area (Å²) in [5, 5.41) is 2.45. The standard InChI is InChI=1S/C11H10N4O2/c12-10(16)15-8-3-1-4-9(7-8)17-11-13-5-2-6-14-11/h1-7H,(H3,12,15,16).